The van der Waals surface area contributed by atoms with Gasteiger partial charge in [-0.1, -0.05) is 30.3 Å². The first kappa shape index (κ1) is 14.4. The topological polar surface area (TPSA) is 70.2 Å². The quantitative estimate of drug-likeness (QED) is 0.651. The van der Waals surface area contributed by atoms with Crippen molar-refractivity contribution < 1.29 is 9.59 Å². The summed E-state index contributed by atoms with van der Waals surface area (Å²) >= 11 is 0. The fourth-order valence-electron chi connectivity index (χ4n) is 1.88. The second kappa shape index (κ2) is 7.53. The molecule has 20 heavy (non-hydrogen) atoms. The molecule has 0 atom stereocenters. The first-order chi connectivity index (χ1) is 9.75. The van der Waals surface area contributed by atoms with Gasteiger partial charge >= 0.3 is 6.03 Å². The van der Waals surface area contributed by atoms with Crippen LogP contribution in [0.3, 0.4) is 0 Å². The van der Waals surface area contributed by atoms with Gasteiger partial charge in [-0.25, -0.2) is 4.79 Å². The second-order valence-corrected chi connectivity index (χ2v) is 4.98. The van der Waals surface area contributed by atoms with E-state index in [2.05, 4.69) is 16.0 Å². The zero-order valence-corrected chi connectivity index (χ0v) is 11.5. The van der Waals surface area contributed by atoms with Crippen molar-refractivity contribution >= 4 is 11.9 Å². The highest BCUT2D eigenvalue weighted by Gasteiger charge is 2.28. The molecule has 1 aliphatic carbocycles. The fourth-order valence-corrected chi connectivity index (χ4v) is 1.88. The lowest BCUT2D eigenvalue weighted by molar-refractivity contribution is -0.122. The smallest absolute Gasteiger partial charge is 0.314 e. The first-order valence-electron chi connectivity index (χ1n) is 7.09. The van der Waals surface area contributed by atoms with Crippen LogP contribution in [0.5, 0.6) is 0 Å². The van der Waals surface area contributed by atoms with E-state index >= 15 is 0 Å². The van der Waals surface area contributed by atoms with Crippen molar-refractivity contribution in [2.24, 2.45) is 5.92 Å². The second-order valence-electron chi connectivity index (χ2n) is 4.98. The number of hydrogen-bond acceptors (Lipinski definition) is 2. The van der Waals surface area contributed by atoms with Gasteiger partial charge in [-0.2, -0.15) is 0 Å². The van der Waals surface area contributed by atoms with Gasteiger partial charge in [0.05, 0.1) is 0 Å². The summed E-state index contributed by atoms with van der Waals surface area (Å²) in [5.41, 5.74) is 1.20. The summed E-state index contributed by atoms with van der Waals surface area (Å²) in [6.07, 6.45) is 2.81. The molecule has 0 bridgehead atoms. The van der Waals surface area contributed by atoms with E-state index in [1.165, 1.54) is 5.56 Å². The minimum Gasteiger partial charge on any atom is -0.354 e. The van der Waals surface area contributed by atoms with Crippen molar-refractivity contribution in [2.75, 3.05) is 19.6 Å². The molecule has 0 radical (unpaired) electrons. The number of hydrogen-bond donors (Lipinski definition) is 3. The van der Waals surface area contributed by atoms with Crippen LogP contribution in [0.1, 0.15) is 18.4 Å². The Labute approximate surface area is 119 Å². The lowest BCUT2D eigenvalue weighted by atomic mass is 10.1. The fraction of sp³-hybridized carbons (Fsp3) is 0.467. The average molecular weight is 275 g/mol. The van der Waals surface area contributed by atoms with Gasteiger partial charge in [-0.05, 0) is 24.8 Å². The van der Waals surface area contributed by atoms with E-state index in [0.717, 1.165) is 19.3 Å². The van der Waals surface area contributed by atoms with E-state index in [9.17, 15) is 9.59 Å². The SMILES string of the molecule is O=C(NCCNC(=O)C1CC1)NCCc1ccccc1. The number of rotatable bonds is 7. The third kappa shape index (κ3) is 5.30. The molecule has 1 aromatic rings. The predicted molar refractivity (Wildman–Crippen MR) is 77.3 cm³/mol. The number of amides is 3. The Morgan fingerprint density at radius 1 is 0.950 bits per heavy atom. The lowest BCUT2D eigenvalue weighted by Gasteiger charge is -2.08. The molecular weight excluding hydrogens is 254 g/mol. The Kier molecular flexibility index (Phi) is 5.41. The van der Waals surface area contributed by atoms with Crippen molar-refractivity contribution in [1.29, 1.82) is 0 Å². The zero-order chi connectivity index (χ0) is 14.2. The molecule has 1 aromatic carbocycles. The van der Waals surface area contributed by atoms with Gasteiger partial charge < -0.3 is 16.0 Å². The van der Waals surface area contributed by atoms with Crippen molar-refractivity contribution in [1.82, 2.24) is 16.0 Å². The van der Waals surface area contributed by atoms with E-state index < -0.39 is 0 Å². The molecular formula is C15H21N3O2. The third-order valence-electron chi connectivity index (χ3n) is 3.20. The summed E-state index contributed by atoms with van der Waals surface area (Å²) in [4.78, 5) is 22.8. The molecule has 5 nitrogen and oxygen atoms in total. The molecule has 3 amide bonds. The van der Waals surface area contributed by atoms with Crippen LogP contribution in [-0.4, -0.2) is 31.6 Å². The van der Waals surface area contributed by atoms with Crippen LogP contribution in [-0.2, 0) is 11.2 Å². The van der Waals surface area contributed by atoms with Crippen molar-refractivity contribution in [3.8, 4) is 0 Å². The summed E-state index contributed by atoms with van der Waals surface area (Å²) < 4.78 is 0. The van der Waals surface area contributed by atoms with E-state index in [0.29, 0.717) is 19.6 Å². The molecule has 0 saturated heterocycles. The molecule has 0 spiro atoms. The van der Waals surface area contributed by atoms with Crippen molar-refractivity contribution in [3.63, 3.8) is 0 Å². The number of carbonyl (C=O) groups is 2. The summed E-state index contributed by atoms with van der Waals surface area (Å²) in [5, 5.41) is 8.31. The Morgan fingerprint density at radius 2 is 1.60 bits per heavy atom. The average Bonchev–Trinajstić information content (AvgIpc) is 3.29. The van der Waals surface area contributed by atoms with E-state index in [1.54, 1.807) is 0 Å². The van der Waals surface area contributed by atoms with E-state index in [1.807, 2.05) is 30.3 Å². The van der Waals surface area contributed by atoms with Crippen LogP contribution in [0.4, 0.5) is 4.79 Å². The molecule has 1 saturated carbocycles. The number of benzene rings is 1. The van der Waals surface area contributed by atoms with Gasteiger partial charge in [0.2, 0.25) is 5.91 Å². The first-order valence-corrected chi connectivity index (χ1v) is 7.09. The molecule has 2 rings (SSSR count). The Balaban J connectivity index is 1.48. The van der Waals surface area contributed by atoms with Crippen LogP contribution in [0.15, 0.2) is 30.3 Å². The van der Waals surface area contributed by atoms with Gasteiger partial charge in [0.15, 0.2) is 0 Å². The highest BCUT2D eigenvalue weighted by Crippen LogP contribution is 2.28. The largest absolute Gasteiger partial charge is 0.354 e. The maximum atomic E-state index is 11.5. The minimum atomic E-state index is -0.193. The molecule has 3 N–H and O–H groups in total. The molecule has 5 heteroatoms. The van der Waals surface area contributed by atoms with Crippen LogP contribution in [0, 0.1) is 5.92 Å². The zero-order valence-electron chi connectivity index (χ0n) is 11.5. The highest BCUT2D eigenvalue weighted by atomic mass is 16.2. The Morgan fingerprint density at radius 3 is 2.30 bits per heavy atom. The van der Waals surface area contributed by atoms with Crippen molar-refractivity contribution in [3.05, 3.63) is 35.9 Å². The summed E-state index contributed by atoms with van der Waals surface area (Å²) in [5.74, 6) is 0.325. The molecule has 1 fully saturated rings. The number of carbonyl (C=O) groups excluding carboxylic acids is 2. The van der Waals surface area contributed by atoms with Gasteiger partial charge in [-0.3, -0.25) is 4.79 Å². The summed E-state index contributed by atoms with van der Waals surface area (Å²) in [6, 6.07) is 9.82. The van der Waals surface area contributed by atoms with Gasteiger partial charge in [-0.15, -0.1) is 0 Å². The molecule has 0 unspecified atom stereocenters. The maximum absolute atomic E-state index is 11.5. The van der Waals surface area contributed by atoms with Crippen molar-refractivity contribution in [2.45, 2.75) is 19.3 Å². The van der Waals surface area contributed by atoms with Crippen LogP contribution < -0.4 is 16.0 Å². The maximum Gasteiger partial charge on any atom is 0.314 e. The number of nitrogens with one attached hydrogen (secondary N) is 3. The predicted octanol–water partition coefficient (Wildman–Crippen LogP) is 1.05. The van der Waals surface area contributed by atoms with Gasteiger partial charge in [0.25, 0.3) is 0 Å². The van der Waals surface area contributed by atoms with Crippen LogP contribution >= 0.6 is 0 Å². The lowest BCUT2D eigenvalue weighted by Crippen LogP contribution is -2.41. The Bertz CT molecular complexity index is 444. The minimum absolute atomic E-state index is 0.108. The molecule has 0 aromatic heterocycles. The van der Waals surface area contributed by atoms with E-state index in [4.69, 9.17) is 0 Å². The summed E-state index contributed by atoms with van der Waals surface area (Å²) in [7, 11) is 0. The Hall–Kier alpha value is -2.04. The van der Waals surface area contributed by atoms with Crippen LogP contribution in [0.2, 0.25) is 0 Å². The van der Waals surface area contributed by atoms with Gasteiger partial charge in [0, 0.05) is 25.6 Å². The molecule has 0 heterocycles. The molecule has 108 valence electrons. The highest BCUT2D eigenvalue weighted by molar-refractivity contribution is 5.80. The molecule has 1 aliphatic rings. The summed E-state index contributed by atoms with van der Waals surface area (Å²) in [6.45, 7) is 1.54. The molecule has 0 aliphatic heterocycles. The van der Waals surface area contributed by atoms with Crippen LogP contribution in [0.25, 0.3) is 0 Å². The third-order valence-corrected chi connectivity index (χ3v) is 3.20. The van der Waals surface area contributed by atoms with Gasteiger partial charge in [0.1, 0.15) is 0 Å². The monoisotopic (exact) mass is 275 g/mol. The normalized spacial score (nSPS) is 13.6. The van der Waals surface area contributed by atoms with E-state index in [-0.39, 0.29) is 17.9 Å². The number of urea groups is 1. The standard InChI is InChI=1S/C15H21N3O2/c19-14(13-6-7-13)16-10-11-18-15(20)17-9-8-12-4-2-1-3-5-12/h1-5,13H,6-11H2,(H,16,19)(H2,17,18,20).